The zero-order valence-electron chi connectivity index (χ0n) is 12.5. The molecule has 102 valence electrons. The van der Waals surface area contributed by atoms with Crippen LogP contribution in [0.15, 0.2) is 66.7 Å². The highest BCUT2D eigenvalue weighted by Crippen LogP contribution is 2.22. The Morgan fingerprint density at radius 2 is 1.15 bits per heavy atom. The van der Waals surface area contributed by atoms with E-state index in [-0.39, 0.29) is 5.41 Å². The molecular formula is C20H22. The molecule has 0 heterocycles. The third-order valence-electron chi connectivity index (χ3n) is 3.26. The van der Waals surface area contributed by atoms with Gasteiger partial charge in [0.05, 0.1) is 0 Å². The van der Waals surface area contributed by atoms with Gasteiger partial charge in [-0.2, -0.15) is 0 Å². The highest BCUT2D eigenvalue weighted by atomic mass is 14.2. The maximum Gasteiger partial charge on any atom is -0.0132 e. The lowest BCUT2D eigenvalue weighted by Crippen LogP contribution is -2.10. The molecule has 0 radical (unpaired) electrons. The summed E-state index contributed by atoms with van der Waals surface area (Å²) in [5.74, 6) is 0. The summed E-state index contributed by atoms with van der Waals surface area (Å²) in [5, 5.41) is 0. The molecule has 0 N–H and O–H groups in total. The van der Waals surface area contributed by atoms with Gasteiger partial charge in [0.25, 0.3) is 0 Å². The van der Waals surface area contributed by atoms with Crippen molar-refractivity contribution in [1.82, 2.24) is 0 Å². The lowest BCUT2D eigenvalue weighted by molar-refractivity contribution is 0.590. The molecule has 2 aromatic rings. The summed E-state index contributed by atoms with van der Waals surface area (Å²) < 4.78 is 0. The topological polar surface area (TPSA) is 0 Å². The monoisotopic (exact) mass is 262 g/mol. The molecule has 0 fully saturated rings. The van der Waals surface area contributed by atoms with E-state index < -0.39 is 0 Å². The summed E-state index contributed by atoms with van der Waals surface area (Å²) in [6, 6.07) is 19.1. The third-order valence-corrected chi connectivity index (χ3v) is 3.26. The molecule has 0 aliphatic heterocycles. The summed E-state index contributed by atoms with van der Waals surface area (Å²) in [7, 11) is 0. The molecule has 0 aliphatic carbocycles. The van der Waals surface area contributed by atoms with Crippen LogP contribution in [0.3, 0.4) is 0 Å². The van der Waals surface area contributed by atoms with Crippen LogP contribution in [-0.4, -0.2) is 0 Å². The van der Waals surface area contributed by atoms with E-state index in [1.54, 1.807) is 0 Å². The molecule has 0 amide bonds. The van der Waals surface area contributed by atoms with E-state index >= 15 is 0 Å². The first kappa shape index (κ1) is 14.3. The van der Waals surface area contributed by atoms with Crippen LogP contribution < -0.4 is 0 Å². The molecule has 0 spiro atoms. The summed E-state index contributed by atoms with van der Waals surface area (Å²) in [5.41, 5.74) is 4.04. The second-order valence-corrected chi connectivity index (χ2v) is 6.00. The lowest BCUT2D eigenvalue weighted by Gasteiger charge is -2.18. The number of hydrogen-bond acceptors (Lipinski definition) is 0. The van der Waals surface area contributed by atoms with E-state index in [9.17, 15) is 0 Å². The Morgan fingerprint density at radius 1 is 0.650 bits per heavy atom. The molecule has 0 aliphatic rings. The zero-order valence-corrected chi connectivity index (χ0v) is 12.5. The van der Waals surface area contributed by atoms with Gasteiger partial charge < -0.3 is 0 Å². The van der Waals surface area contributed by atoms with Crippen LogP contribution in [0.4, 0.5) is 0 Å². The Labute approximate surface area is 122 Å². The SMILES string of the molecule is CC(C)(C)c1ccc(C=CC=Cc2ccccc2)cc1. The Kier molecular flexibility index (Phi) is 4.57. The van der Waals surface area contributed by atoms with Crippen molar-refractivity contribution in [2.24, 2.45) is 0 Å². The molecule has 0 saturated carbocycles. The van der Waals surface area contributed by atoms with E-state index in [2.05, 4.69) is 93.6 Å². The Hall–Kier alpha value is -2.08. The van der Waals surface area contributed by atoms with E-state index in [4.69, 9.17) is 0 Å². The van der Waals surface area contributed by atoms with Crippen LogP contribution in [0, 0.1) is 0 Å². The molecule has 2 rings (SSSR count). The number of allylic oxidation sites excluding steroid dienone is 2. The summed E-state index contributed by atoms with van der Waals surface area (Å²) in [6.45, 7) is 6.71. The number of hydrogen-bond donors (Lipinski definition) is 0. The summed E-state index contributed by atoms with van der Waals surface area (Å²) >= 11 is 0. The first-order valence-corrected chi connectivity index (χ1v) is 7.06. The molecule has 20 heavy (non-hydrogen) atoms. The van der Waals surface area contributed by atoms with E-state index in [1.807, 2.05) is 6.07 Å². The van der Waals surface area contributed by atoms with Crippen LogP contribution in [0.2, 0.25) is 0 Å². The smallest absolute Gasteiger partial charge is 0.0132 e. The van der Waals surface area contributed by atoms with Gasteiger partial charge in [-0.25, -0.2) is 0 Å². The van der Waals surface area contributed by atoms with Crippen LogP contribution in [-0.2, 0) is 5.41 Å². The van der Waals surface area contributed by atoms with Gasteiger partial charge in [-0.15, -0.1) is 0 Å². The fourth-order valence-electron chi connectivity index (χ4n) is 1.99. The van der Waals surface area contributed by atoms with Crippen LogP contribution in [0.5, 0.6) is 0 Å². The predicted molar refractivity (Wildman–Crippen MR) is 89.7 cm³/mol. The zero-order chi connectivity index (χ0) is 14.4. The van der Waals surface area contributed by atoms with Crippen molar-refractivity contribution in [2.75, 3.05) is 0 Å². The van der Waals surface area contributed by atoms with E-state index in [0.29, 0.717) is 0 Å². The number of rotatable bonds is 3. The molecule has 0 saturated heterocycles. The van der Waals surface area contributed by atoms with Gasteiger partial charge in [-0.05, 0) is 22.1 Å². The largest absolute Gasteiger partial charge is 0.0622 e. The molecule has 0 aromatic heterocycles. The van der Waals surface area contributed by atoms with Crippen molar-refractivity contribution in [3.63, 3.8) is 0 Å². The second kappa shape index (κ2) is 6.38. The Bertz CT molecular complexity index is 578. The van der Waals surface area contributed by atoms with Crippen molar-refractivity contribution in [3.05, 3.63) is 83.4 Å². The van der Waals surface area contributed by atoms with Gasteiger partial charge in [0.15, 0.2) is 0 Å². The average Bonchev–Trinajstić information content (AvgIpc) is 2.44. The van der Waals surface area contributed by atoms with E-state index in [0.717, 1.165) is 0 Å². The Balaban J connectivity index is 2.00. The molecule has 2 aromatic carbocycles. The highest BCUT2D eigenvalue weighted by molar-refractivity contribution is 5.57. The quantitative estimate of drug-likeness (QED) is 0.621. The molecular weight excluding hydrogens is 240 g/mol. The number of benzene rings is 2. The molecule has 0 heteroatoms. The molecule has 0 unspecified atom stereocenters. The fourth-order valence-corrected chi connectivity index (χ4v) is 1.99. The van der Waals surface area contributed by atoms with Crippen LogP contribution >= 0.6 is 0 Å². The minimum Gasteiger partial charge on any atom is -0.0622 e. The van der Waals surface area contributed by atoms with Crippen molar-refractivity contribution in [1.29, 1.82) is 0 Å². The van der Waals surface area contributed by atoms with Gasteiger partial charge in [0.1, 0.15) is 0 Å². The van der Waals surface area contributed by atoms with Crippen LogP contribution in [0.25, 0.3) is 12.2 Å². The second-order valence-electron chi connectivity index (χ2n) is 6.00. The van der Waals surface area contributed by atoms with Crippen molar-refractivity contribution in [2.45, 2.75) is 26.2 Å². The highest BCUT2D eigenvalue weighted by Gasteiger charge is 2.12. The minimum atomic E-state index is 0.218. The van der Waals surface area contributed by atoms with Gasteiger partial charge in [-0.3, -0.25) is 0 Å². The molecule has 0 nitrogen and oxygen atoms in total. The van der Waals surface area contributed by atoms with Crippen molar-refractivity contribution < 1.29 is 0 Å². The minimum absolute atomic E-state index is 0.218. The van der Waals surface area contributed by atoms with Gasteiger partial charge in [0.2, 0.25) is 0 Å². The maximum atomic E-state index is 2.24. The third kappa shape index (κ3) is 4.24. The normalized spacial score (nSPS) is 12.3. The lowest BCUT2D eigenvalue weighted by atomic mass is 9.87. The average molecular weight is 262 g/mol. The van der Waals surface area contributed by atoms with Gasteiger partial charge >= 0.3 is 0 Å². The van der Waals surface area contributed by atoms with Crippen LogP contribution in [0.1, 0.15) is 37.5 Å². The maximum absolute atomic E-state index is 2.24. The molecule has 0 atom stereocenters. The first-order valence-electron chi connectivity index (χ1n) is 7.06. The first-order chi connectivity index (χ1) is 9.55. The summed E-state index contributed by atoms with van der Waals surface area (Å²) in [4.78, 5) is 0. The fraction of sp³-hybridized carbons (Fsp3) is 0.200. The predicted octanol–water partition coefficient (Wildman–Crippen LogP) is 5.71. The van der Waals surface area contributed by atoms with Crippen molar-refractivity contribution >= 4 is 12.2 Å². The van der Waals surface area contributed by atoms with Gasteiger partial charge in [0, 0.05) is 0 Å². The van der Waals surface area contributed by atoms with Gasteiger partial charge in [-0.1, -0.05) is 99.7 Å². The summed E-state index contributed by atoms with van der Waals surface area (Å²) in [6.07, 6.45) is 8.40. The standard InChI is InChI=1S/C20H22/c1-20(2,3)19-15-13-18(14-16-19)12-8-7-11-17-9-5-4-6-10-17/h4-16H,1-3H3. The Morgan fingerprint density at radius 3 is 1.65 bits per heavy atom. The molecule has 0 bridgehead atoms. The van der Waals surface area contributed by atoms with E-state index in [1.165, 1.54) is 16.7 Å². The van der Waals surface area contributed by atoms with Crippen molar-refractivity contribution in [3.8, 4) is 0 Å².